The number of ether oxygens (including phenoxy) is 2. The predicted molar refractivity (Wildman–Crippen MR) is 83.0 cm³/mol. The van der Waals surface area contributed by atoms with Crippen LogP contribution in [0.1, 0.15) is 12.0 Å². The topological polar surface area (TPSA) is 64.6 Å². The minimum Gasteiger partial charge on any atom is -0.493 e. The SMILES string of the molecule is COc1ccc(CNCC2CCS(=O)(=O)C2)c(Cl)c1OC. The Morgan fingerprint density at radius 2 is 2.10 bits per heavy atom. The lowest BCUT2D eigenvalue weighted by Crippen LogP contribution is -2.23. The molecule has 5 nitrogen and oxygen atoms in total. The molecule has 1 saturated heterocycles. The normalized spacial score (nSPS) is 20.4. The first-order valence-electron chi connectivity index (χ1n) is 6.77. The Labute approximate surface area is 130 Å². The Morgan fingerprint density at radius 1 is 1.33 bits per heavy atom. The molecule has 0 saturated carbocycles. The Bertz CT molecular complexity index is 603. The summed E-state index contributed by atoms with van der Waals surface area (Å²) in [6, 6.07) is 3.68. The van der Waals surface area contributed by atoms with Crippen LogP contribution in [0.15, 0.2) is 12.1 Å². The Kier molecular flexibility index (Phi) is 5.35. The van der Waals surface area contributed by atoms with Gasteiger partial charge < -0.3 is 14.8 Å². The van der Waals surface area contributed by atoms with Gasteiger partial charge >= 0.3 is 0 Å². The largest absolute Gasteiger partial charge is 0.493 e. The van der Waals surface area contributed by atoms with Crippen LogP contribution in [-0.2, 0) is 16.4 Å². The lowest BCUT2D eigenvalue weighted by Gasteiger charge is -2.14. The van der Waals surface area contributed by atoms with Crippen molar-refractivity contribution in [2.45, 2.75) is 13.0 Å². The maximum Gasteiger partial charge on any atom is 0.179 e. The van der Waals surface area contributed by atoms with Crippen molar-refractivity contribution in [3.63, 3.8) is 0 Å². The molecule has 7 heteroatoms. The van der Waals surface area contributed by atoms with Crippen LogP contribution in [0.5, 0.6) is 11.5 Å². The average molecular weight is 334 g/mol. The summed E-state index contributed by atoms with van der Waals surface area (Å²) in [5, 5.41) is 3.78. The molecule has 1 aliphatic heterocycles. The summed E-state index contributed by atoms with van der Waals surface area (Å²) in [4.78, 5) is 0. The number of hydrogen-bond acceptors (Lipinski definition) is 5. The van der Waals surface area contributed by atoms with Crippen LogP contribution < -0.4 is 14.8 Å². The molecule has 1 N–H and O–H groups in total. The van der Waals surface area contributed by atoms with Gasteiger partial charge in [0.2, 0.25) is 0 Å². The van der Waals surface area contributed by atoms with Crippen molar-refractivity contribution in [3.05, 3.63) is 22.7 Å². The molecule has 0 aromatic heterocycles. The quantitative estimate of drug-likeness (QED) is 0.861. The zero-order valence-electron chi connectivity index (χ0n) is 12.2. The Hall–Kier alpha value is -0.980. The van der Waals surface area contributed by atoms with E-state index in [-0.39, 0.29) is 11.7 Å². The first-order chi connectivity index (χ1) is 9.96. The standard InChI is InChI=1S/C14H20ClNO4S/c1-19-12-4-3-11(13(15)14(12)20-2)8-16-7-10-5-6-21(17,18)9-10/h3-4,10,16H,5-9H2,1-2H3. The highest BCUT2D eigenvalue weighted by atomic mass is 35.5. The van der Waals surface area contributed by atoms with E-state index in [0.717, 1.165) is 12.0 Å². The van der Waals surface area contributed by atoms with Crippen LogP contribution in [0.4, 0.5) is 0 Å². The fourth-order valence-electron chi connectivity index (χ4n) is 2.51. The van der Waals surface area contributed by atoms with Crippen LogP contribution in [0.2, 0.25) is 5.02 Å². The molecule has 0 radical (unpaired) electrons. The number of hydrogen-bond donors (Lipinski definition) is 1. The second-order valence-electron chi connectivity index (χ2n) is 5.17. The van der Waals surface area contributed by atoms with Crippen molar-refractivity contribution in [1.29, 1.82) is 0 Å². The number of rotatable bonds is 6. The van der Waals surface area contributed by atoms with Gasteiger partial charge in [-0.25, -0.2) is 8.42 Å². The van der Waals surface area contributed by atoms with Gasteiger partial charge in [-0.1, -0.05) is 17.7 Å². The van der Waals surface area contributed by atoms with Crippen molar-refractivity contribution >= 4 is 21.4 Å². The summed E-state index contributed by atoms with van der Waals surface area (Å²) in [5.74, 6) is 1.87. The predicted octanol–water partition coefficient (Wildman–Crippen LogP) is 1.88. The highest BCUT2D eigenvalue weighted by Gasteiger charge is 2.27. The molecule has 0 bridgehead atoms. The van der Waals surface area contributed by atoms with Crippen LogP contribution in [0, 0.1) is 5.92 Å². The molecule has 1 atom stereocenters. The summed E-state index contributed by atoms with van der Waals surface area (Å²) in [7, 11) is 0.287. The highest BCUT2D eigenvalue weighted by Crippen LogP contribution is 2.37. The minimum atomic E-state index is -2.82. The Morgan fingerprint density at radius 3 is 2.67 bits per heavy atom. The second kappa shape index (κ2) is 6.85. The van der Waals surface area contributed by atoms with Gasteiger partial charge in [0, 0.05) is 6.54 Å². The van der Waals surface area contributed by atoms with E-state index in [0.29, 0.717) is 35.4 Å². The smallest absolute Gasteiger partial charge is 0.179 e. The fourth-order valence-corrected chi connectivity index (χ4v) is 4.67. The molecule has 21 heavy (non-hydrogen) atoms. The van der Waals surface area contributed by atoms with Gasteiger partial charge in [-0.2, -0.15) is 0 Å². The van der Waals surface area contributed by atoms with Crippen LogP contribution in [-0.4, -0.2) is 40.7 Å². The van der Waals surface area contributed by atoms with Gasteiger partial charge in [0.25, 0.3) is 0 Å². The van der Waals surface area contributed by atoms with E-state index >= 15 is 0 Å². The van der Waals surface area contributed by atoms with Gasteiger partial charge in [0.15, 0.2) is 21.3 Å². The van der Waals surface area contributed by atoms with Crippen LogP contribution in [0.3, 0.4) is 0 Å². The van der Waals surface area contributed by atoms with Crippen LogP contribution in [0.25, 0.3) is 0 Å². The summed E-state index contributed by atoms with van der Waals surface area (Å²) >= 11 is 6.29. The molecule has 0 aliphatic carbocycles. The van der Waals surface area contributed by atoms with Crippen molar-refractivity contribution in [3.8, 4) is 11.5 Å². The number of halogens is 1. The number of methoxy groups -OCH3 is 2. The Balaban J connectivity index is 1.95. The lowest BCUT2D eigenvalue weighted by atomic mass is 10.1. The molecule has 1 aromatic carbocycles. The zero-order valence-corrected chi connectivity index (χ0v) is 13.8. The molecular formula is C14H20ClNO4S. The third kappa shape index (κ3) is 4.02. The van der Waals surface area contributed by atoms with Crippen molar-refractivity contribution in [2.75, 3.05) is 32.3 Å². The highest BCUT2D eigenvalue weighted by molar-refractivity contribution is 7.91. The molecule has 118 valence electrons. The van der Waals surface area contributed by atoms with Crippen molar-refractivity contribution in [1.82, 2.24) is 5.32 Å². The van der Waals surface area contributed by atoms with Gasteiger partial charge in [0.05, 0.1) is 30.7 Å². The van der Waals surface area contributed by atoms with Crippen molar-refractivity contribution in [2.24, 2.45) is 5.92 Å². The van der Waals surface area contributed by atoms with E-state index < -0.39 is 9.84 Å². The van der Waals surface area contributed by atoms with E-state index in [4.69, 9.17) is 21.1 Å². The fraction of sp³-hybridized carbons (Fsp3) is 0.571. The third-order valence-electron chi connectivity index (χ3n) is 3.64. The molecule has 1 aromatic rings. The van der Waals surface area contributed by atoms with E-state index in [1.165, 1.54) is 0 Å². The third-order valence-corrected chi connectivity index (χ3v) is 5.89. The molecule has 0 spiro atoms. The average Bonchev–Trinajstić information content (AvgIpc) is 2.79. The molecular weight excluding hydrogens is 314 g/mol. The van der Waals surface area contributed by atoms with E-state index in [2.05, 4.69) is 5.32 Å². The number of benzene rings is 1. The van der Waals surface area contributed by atoms with Crippen LogP contribution >= 0.6 is 11.6 Å². The summed E-state index contributed by atoms with van der Waals surface area (Å²) in [6.45, 7) is 1.24. The molecule has 1 heterocycles. The summed E-state index contributed by atoms with van der Waals surface area (Å²) < 4.78 is 33.2. The zero-order chi connectivity index (χ0) is 15.5. The van der Waals surface area contributed by atoms with Gasteiger partial charge in [0.1, 0.15) is 0 Å². The minimum absolute atomic E-state index is 0.189. The first-order valence-corrected chi connectivity index (χ1v) is 8.97. The first kappa shape index (κ1) is 16.4. The van der Waals surface area contributed by atoms with E-state index in [1.807, 2.05) is 12.1 Å². The maximum atomic E-state index is 11.4. The van der Waals surface area contributed by atoms with Gasteiger partial charge in [-0.05, 0) is 30.5 Å². The maximum absolute atomic E-state index is 11.4. The van der Waals surface area contributed by atoms with Gasteiger partial charge in [-0.3, -0.25) is 0 Å². The molecule has 2 rings (SSSR count). The van der Waals surface area contributed by atoms with Crippen molar-refractivity contribution < 1.29 is 17.9 Å². The number of sulfone groups is 1. The molecule has 1 unspecified atom stereocenters. The summed E-state index contributed by atoms with van der Waals surface area (Å²) in [6.07, 6.45) is 0.731. The lowest BCUT2D eigenvalue weighted by molar-refractivity contribution is 0.354. The number of nitrogens with one attached hydrogen (secondary N) is 1. The van der Waals surface area contributed by atoms with E-state index in [1.54, 1.807) is 14.2 Å². The molecule has 0 amide bonds. The van der Waals surface area contributed by atoms with Gasteiger partial charge in [-0.15, -0.1) is 0 Å². The molecule has 1 aliphatic rings. The second-order valence-corrected chi connectivity index (χ2v) is 7.78. The van der Waals surface area contributed by atoms with E-state index in [9.17, 15) is 8.42 Å². The summed E-state index contributed by atoms with van der Waals surface area (Å²) in [5.41, 5.74) is 0.898. The molecule has 1 fully saturated rings. The monoisotopic (exact) mass is 333 g/mol.